The summed E-state index contributed by atoms with van der Waals surface area (Å²) >= 11 is 0. The van der Waals surface area contributed by atoms with Crippen LogP contribution in [0.4, 0.5) is 0 Å². The number of carbonyl (C=O) groups excluding carboxylic acids is 1. The molecular weight excluding hydrogens is 254 g/mol. The van der Waals surface area contributed by atoms with Gasteiger partial charge in [-0.2, -0.15) is 0 Å². The molecule has 0 aromatic carbocycles. The van der Waals surface area contributed by atoms with Crippen LogP contribution in [0.5, 0.6) is 0 Å². The smallest absolute Gasteiger partial charge is 0.245 e. The minimum atomic E-state index is -0.0836. The molecule has 0 aliphatic carbocycles. The molecule has 0 spiro atoms. The van der Waals surface area contributed by atoms with Crippen molar-refractivity contribution >= 4 is 5.91 Å². The highest BCUT2D eigenvalue weighted by Crippen LogP contribution is 2.04. The standard InChI is InChI=1S/C16H27NO3/c1-14(2)9-10-15(3)20-12-8-6-5-7-11-19-13-16(18)17-4/h9-10H,1,3,5-8,11-13H2,2,4H3,(H,17,18)/b10-9-. The quantitative estimate of drug-likeness (QED) is 0.340. The normalized spacial score (nSPS) is 10.5. The fourth-order valence-electron chi connectivity index (χ4n) is 1.38. The maximum Gasteiger partial charge on any atom is 0.245 e. The SMILES string of the molecule is C=C(C)/C=C\C(=C)OCCCCCCOCC(=O)NC. The average molecular weight is 281 g/mol. The third kappa shape index (κ3) is 12.9. The van der Waals surface area contributed by atoms with Gasteiger partial charge in [0.25, 0.3) is 0 Å². The molecule has 0 aromatic rings. The third-order valence-electron chi connectivity index (χ3n) is 2.54. The number of nitrogens with one attached hydrogen (secondary N) is 1. The van der Waals surface area contributed by atoms with E-state index in [0.29, 0.717) is 19.0 Å². The van der Waals surface area contributed by atoms with E-state index in [4.69, 9.17) is 9.47 Å². The van der Waals surface area contributed by atoms with Crippen molar-refractivity contribution < 1.29 is 14.3 Å². The lowest BCUT2D eigenvalue weighted by Gasteiger charge is -2.06. The van der Waals surface area contributed by atoms with Crippen molar-refractivity contribution in [2.75, 3.05) is 26.9 Å². The van der Waals surface area contributed by atoms with Crippen LogP contribution in [0.2, 0.25) is 0 Å². The van der Waals surface area contributed by atoms with Crippen molar-refractivity contribution in [3.63, 3.8) is 0 Å². The zero-order valence-corrected chi connectivity index (χ0v) is 12.7. The molecule has 1 N–H and O–H groups in total. The molecule has 0 unspecified atom stereocenters. The zero-order valence-electron chi connectivity index (χ0n) is 12.7. The first-order valence-electron chi connectivity index (χ1n) is 7.00. The topological polar surface area (TPSA) is 47.6 Å². The average Bonchev–Trinajstić information content (AvgIpc) is 2.42. The molecule has 0 bridgehead atoms. The molecule has 4 nitrogen and oxygen atoms in total. The number of ether oxygens (including phenoxy) is 2. The Morgan fingerprint density at radius 2 is 1.75 bits per heavy atom. The molecule has 0 saturated heterocycles. The molecule has 0 atom stereocenters. The first-order chi connectivity index (χ1) is 9.56. The van der Waals surface area contributed by atoms with E-state index < -0.39 is 0 Å². The van der Waals surface area contributed by atoms with Crippen molar-refractivity contribution in [2.45, 2.75) is 32.6 Å². The molecule has 0 rings (SSSR count). The Morgan fingerprint density at radius 3 is 2.35 bits per heavy atom. The van der Waals surface area contributed by atoms with Crippen LogP contribution in [0.3, 0.4) is 0 Å². The Labute approximate surface area is 122 Å². The molecule has 0 fully saturated rings. The highest BCUT2D eigenvalue weighted by atomic mass is 16.5. The maximum absolute atomic E-state index is 10.9. The summed E-state index contributed by atoms with van der Waals surface area (Å²) in [6.45, 7) is 11.0. The Morgan fingerprint density at radius 1 is 1.10 bits per heavy atom. The van der Waals surface area contributed by atoms with E-state index in [2.05, 4.69) is 18.5 Å². The summed E-state index contributed by atoms with van der Waals surface area (Å²) in [5, 5.41) is 2.51. The number of allylic oxidation sites excluding steroid dienone is 3. The zero-order chi connectivity index (χ0) is 15.2. The Kier molecular flexibility index (Phi) is 11.5. The molecule has 0 saturated carbocycles. The van der Waals surface area contributed by atoms with E-state index in [0.717, 1.165) is 31.3 Å². The van der Waals surface area contributed by atoms with Gasteiger partial charge in [-0.1, -0.05) is 31.2 Å². The third-order valence-corrected chi connectivity index (χ3v) is 2.54. The van der Waals surface area contributed by atoms with E-state index in [9.17, 15) is 4.79 Å². The highest BCUT2D eigenvalue weighted by Gasteiger charge is 1.97. The summed E-state index contributed by atoms with van der Waals surface area (Å²) in [6.07, 6.45) is 7.83. The number of carbonyl (C=O) groups is 1. The van der Waals surface area contributed by atoms with E-state index in [1.54, 1.807) is 7.05 Å². The summed E-state index contributed by atoms with van der Waals surface area (Å²) < 4.78 is 10.7. The lowest BCUT2D eigenvalue weighted by Crippen LogP contribution is -2.23. The van der Waals surface area contributed by atoms with Crippen LogP contribution in [0.1, 0.15) is 32.6 Å². The van der Waals surface area contributed by atoms with Crippen molar-refractivity contribution in [2.24, 2.45) is 0 Å². The van der Waals surface area contributed by atoms with Gasteiger partial charge in [-0.15, -0.1) is 0 Å². The summed E-state index contributed by atoms with van der Waals surface area (Å²) in [6, 6.07) is 0. The van der Waals surface area contributed by atoms with Gasteiger partial charge >= 0.3 is 0 Å². The second-order valence-electron chi connectivity index (χ2n) is 4.63. The Bertz CT molecular complexity index is 335. The predicted molar refractivity (Wildman–Crippen MR) is 82.4 cm³/mol. The largest absolute Gasteiger partial charge is 0.494 e. The molecule has 0 heterocycles. The highest BCUT2D eigenvalue weighted by molar-refractivity contribution is 5.76. The number of rotatable bonds is 12. The van der Waals surface area contributed by atoms with Crippen LogP contribution >= 0.6 is 0 Å². The van der Waals surface area contributed by atoms with Crippen LogP contribution in [0.25, 0.3) is 0 Å². The molecular formula is C16H27NO3. The monoisotopic (exact) mass is 281 g/mol. The number of hydrogen-bond acceptors (Lipinski definition) is 3. The molecule has 4 heteroatoms. The van der Waals surface area contributed by atoms with Gasteiger partial charge in [0.15, 0.2) is 0 Å². The van der Waals surface area contributed by atoms with Crippen LogP contribution in [-0.2, 0) is 14.3 Å². The molecule has 0 radical (unpaired) electrons. The van der Waals surface area contributed by atoms with Crippen molar-refractivity contribution in [1.29, 1.82) is 0 Å². The lowest BCUT2D eigenvalue weighted by atomic mass is 10.2. The van der Waals surface area contributed by atoms with Crippen LogP contribution in [0, 0.1) is 0 Å². The molecule has 114 valence electrons. The molecule has 0 aromatic heterocycles. The van der Waals surface area contributed by atoms with Gasteiger partial charge in [-0.25, -0.2) is 0 Å². The maximum atomic E-state index is 10.9. The number of amides is 1. The Hall–Kier alpha value is -1.55. The second kappa shape index (κ2) is 12.5. The van der Waals surface area contributed by atoms with Gasteiger partial charge < -0.3 is 14.8 Å². The van der Waals surface area contributed by atoms with E-state index in [-0.39, 0.29) is 12.5 Å². The van der Waals surface area contributed by atoms with Crippen LogP contribution in [0.15, 0.2) is 36.6 Å². The van der Waals surface area contributed by atoms with Gasteiger partial charge in [-0.3, -0.25) is 4.79 Å². The molecule has 0 aliphatic heterocycles. The van der Waals surface area contributed by atoms with Gasteiger partial charge in [0.2, 0.25) is 5.91 Å². The van der Waals surface area contributed by atoms with Crippen molar-refractivity contribution in [1.82, 2.24) is 5.32 Å². The number of unbranched alkanes of at least 4 members (excludes halogenated alkanes) is 3. The molecule has 20 heavy (non-hydrogen) atoms. The minimum absolute atomic E-state index is 0.0836. The lowest BCUT2D eigenvalue weighted by molar-refractivity contribution is -0.125. The summed E-state index contributed by atoms with van der Waals surface area (Å²) in [5.74, 6) is 0.585. The Balaban J connectivity index is 3.30. The second-order valence-corrected chi connectivity index (χ2v) is 4.63. The van der Waals surface area contributed by atoms with E-state index in [1.165, 1.54) is 0 Å². The van der Waals surface area contributed by atoms with Crippen molar-refractivity contribution in [3.8, 4) is 0 Å². The van der Waals surface area contributed by atoms with Gasteiger partial charge in [0.05, 0.1) is 6.61 Å². The summed E-state index contributed by atoms with van der Waals surface area (Å²) in [7, 11) is 1.60. The molecule has 1 amide bonds. The number of hydrogen-bond donors (Lipinski definition) is 1. The molecule has 0 aliphatic rings. The number of likely N-dealkylation sites (N-methyl/N-ethyl adjacent to an activating group) is 1. The van der Waals surface area contributed by atoms with Gasteiger partial charge in [-0.05, 0) is 32.3 Å². The fraction of sp³-hybridized carbons (Fsp3) is 0.562. The van der Waals surface area contributed by atoms with Gasteiger partial charge in [0, 0.05) is 13.7 Å². The van der Waals surface area contributed by atoms with E-state index in [1.807, 2.05) is 19.1 Å². The summed E-state index contributed by atoms with van der Waals surface area (Å²) in [5.41, 5.74) is 0.978. The fourth-order valence-corrected chi connectivity index (χ4v) is 1.38. The predicted octanol–water partition coefficient (Wildman–Crippen LogP) is 2.97. The first-order valence-corrected chi connectivity index (χ1v) is 7.00. The van der Waals surface area contributed by atoms with Crippen molar-refractivity contribution in [3.05, 3.63) is 36.6 Å². The van der Waals surface area contributed by atoms with Crippen LogP contribution < -0.4 is 5.32 Å². The first kappa shape index (κ1) is 18.4. The minimum Gasteiger partial charge on any atom is -0.494 e. The van der Waals surface area contributed by atoms with Gasteiger partial charge in [0.1, 0.15) is 12.4 Å². The summed E-state index contributed by atoms with van der Waals surface area (Å²) in [4.78, 5) is 10.9. The van der Waals surface area contributed by atoms with Crippen LogP contribution in [-0.4, -0.2) is 32.8 Å². The van der Waals surface area contributed by atoms with E-state index >= 15 is 0 Å².